The second-order valence-corrected chi connectivity index (χ2v) is 6.18. The maximum absolute atomic E-state index is 9.05. The van der Waals surface area contributed by atoms with E-state index in [2.05, 4.69) is 38.6 Å². The first-order valence-corrected chi connectivity index (χ1v) is 8.24. The van der Waals surface area contributed by atoms with Crippen LogP contribution in [0.15, 0.2) is 29.5 Å². The number of benzene rings is 1. The quantitative estimate of drug-likeness (QED) is 0.907. The fourth-order valence-corrected chi connectivity index (χ4v) is 3.69. The smallest absolute Gasteiger partial charge is 0.149 e. The molecular formula is C17H21N5O. The minimum Gasteiger partial charge on any atom is -0.396 e. The lowest BCUT2D eigenvalue weighted by Gasteiger charge is -2.33. The third kappa shape index (κ3) is 2.63. The van der Waals surface area contributed by atoms with Gasteiger partial charge in [-0.3, -0.25) is 4.99 Å². The number of hydrogen-bond donors (Lipinski definition) is 2. The van der Waals surface area contributed by atoms with E-state index in [0.717, 1.165) is 25.2 Å². The number of aliphatic imine (C=N–C) groups is 1. The predicted molar refractivity (Wildman–Crippen MR) is 89.0 cm³/mol. The Hall–Kier alpha value is -2.21. The Balaban J connectivity index is 1.67. The number of nitrogens with zero attached hydrogens (tertiary/aromatic N) is 4. The Kier molecular flexibility index (Phi) is 3.83. The van der Waals surface area contributed by atoms with Gasteiger partial charge in [0.05, 0.1) is 6.04 Å². The van der Waals surface area contributed by atoms with E-state index < -0.39 is 0 Å². The van der Waals surface area contributed by atoms with Crippen molar-refractivity contribution in [3.05, 3.63) is 41.5 Å². The molecule has 0 aliphatic carbocycles. The minimum atomic E-state index is 0.155. The lowest BCUT2D eigenvalue weighted by molar-refractivity contribution is 0.275. The van der Waals surface area contributed by atoms with Crippen molar-refractivity contribution in [3.63, 3.8) is 0 Å². The second-order valence-electron chi connectivity index (χ2n) is 6.18. The van der Waals surface area contributed by atoms with E-state index in [1.54, 1.807) is 6.33 Å². The number of hydrogen-bond acceptors (Lipinski definition) is 5. The molecule has 1 aromatic carbocycles. The van der Waals surface area contributed by atoms with Crippen LogP contribution in [0.1, 0.15) is 48.2 Å². The van der Waals surface area contributed by atoms with Gasteiger partial charge < -0.3 is 10.4 Å². The fourth-order valence-electron chi connectivity index (χ4n) is 3.69. The minimum absolute atomic E-state index is 0.155. The molecule has 2 atom stereocenters. The largest absolute Gasteiger partial charge is 0.396 e. The van der Waals surface area contributed by atoms with Crippen LogP contribution in [0.4, 0.5) is 5.69 Å². The van der Waals surface area contributed by atoms with Gasteiger partial charge in [0, 0.05) is 31.6 Å². The van der Waals surface area contributed by atoms with Gasteiger partial charge >= 0.3 is 0 Å². The van der Waals surface area contributed by atoms with Crippen molar-refractivity contribution >= 4 is 11.9 Å². The van der Waals surface area contributed by atoms with E-state index in [1.165, 1.54) is 16.8 Å². The lowest BCUT2D eigenvalue weighted by atomic mass is 9.82. The zero-order chi connectivity index (χ0) is 15.6. The van der Waals surface area contributed by atoms with E-state index in [4.69, 9.17) is 5.11 Å². The zero-order valence-electron chi connectivity index (χ0n) is 13.0. The first kappa shape index (κ1) is 14.4. The summed E-state index contributed by atoms with van der Waals surface area (Å²) in [5, 5.41) is 17.0. The molecule has 6 heteroatoms. The highest BCUT2D eigenvalue weighted by atomic mass is 16.3. The van der Waals surface area contributed by atoms with Crippen molar-refractivity contribution < 1.29 is 5.11 Å². The molecule has 0 radical (unpaired) electrons. The first-order valence-electron chi connectivity index (χ1n) is 8.24. The van der Waals surface area contributed by atoms with Crippen molar-refractivity contribution in [3.8, 4) is 0 Å². The van der Waals surface area contributed by atoms with Gasteiger partial charge in [-0.1, -0.05) is 12.1 Å². The van der Waals surface area contributed by atoms with Crippen LogP contribution >= 0.6 is 0 Å². The molecule has 2 aromatic rings. The standard InChI is InChI=1S/C17H21N5O/c23-8-2-7-22-17(19-11-20-22)15-9-12-5-6-18-10-13-3-1-4-14(21-15)16(12)13/h1,3-4,10-12,15,21,23H,2,5-9H2. The number of aliphatic hydroxyl groups excluding tert-OH is 1. The summed E-state index contributed by atoms with van der Waals surface area (Å²) in [5.74, 6) is 1.46. The summed E-state index contributed by atoms with van der Waals surface area (Å²) >= 11 is 0. The topological polar surface area (TPSA) is 75.3 Å². The van der Waals surface area contributed by atoms with Crippen LogP contribution in [0.5, 0.6) is 0 Å². The Morgan fingerprint density at radius 3 is 3.22 bits per heavy atom. The van der Waals surface area contributed by atoms with Gasteiger partial charge in [0.2, 0.25) is 0 Å². The second kappa shape index (κ2) is 6.12. The van der Waals surface area contributed by atoms with Crippen LogP contribution in [0.3, 0.4) is 0 Å². The number of rotatable bonds is 4. The third-order valence-corrected chi connectivity index (χ3v) is 4.72. The highest BCUT2D eigenvalue weighted by Gasteiger charge is 2.31. The summed E-state index contributed by atoms with van der Waals surface area (Å²) in [5.41, 5.74) is 3.82. The summed E-state index contributed by atoms with van der Waals surface area (Å²) in [6.07, 6.45) is 6.39. The molecule has 0 amide bonds. The van der Waals surface area contributed by atoms with Gasteiger partial charge in [0.15, 0.2) is 0 Å². The van der Waals surface area contributed by atoms with Gasteiger partial charge in [0.25, 0.3) is 0 Å². The normalized spacial score (nSPS) is 22.3. The molecule has 2 N–H and O–H groups in total. The average Bonchev–Trinajstić information content (AvgIpc) is 2.95. The molecule has 0 fully saturated rings. The number of aliphatic hydroxyl groups is 1. The van der Waals surface area contributed by atoms with Crippen molar-refractivity contribution in [1.82, 2.24) is 14.8 Å². The van der Waals surface area contributed by atoms with E-state index in [0.29, 0.717) is 18.9 Å². The third-order valence-electron chi connectivity index (χ3n) is 4.72. The first-order chi connectivity index (χ1) is 11.4. The van der Waals surface area contributed by atoms with E-state index >= 15 is 0 Å². The maximum atomic E-state index is 9.05. The molecule has 0 saturated heterocycles. The summed E-state index contributed by atoms with van der Waals surface area (Å²) in [4.78, 5) is 8.99. The van der Waals surface area contributed by atoms with Crippen LogP contribution in [-0.2, 0) is 6.54 Å². The molecular weight excluding hydrogens is 290 g/mol. The maximum Gasteiger partial charge on any atom is 0.149 e. The molecule has 6 nitrogen and oxygen atoms in total. The van der Waals surface area contributed by atoms with Gasteiger partial charge in [-0.05, 0) is 42.4 Å². The molecule has 120 valence electrons. The van der Waals surface area contributed by atoms with E-state index in [1.807, 2.05) is 10.9 Å². The van der Waals surface area contributed by atoms with E-state index in [9.17, 15) is 0 Å². The average molecular weight is 311 g/mol. The number of nitrogens with one attached hydrogen (secondary N) is 1. The van der Waals surface area contributed by atoms with Crippen LogP contribution in [0, 0.1) is 0 Å². The van der Waals surface area contributed by atoms with Crippen LogP contribution in [0.2, 0.25) is 0 Å². The summed E-state index contributed by atoms with van der Waals surface area (Å²) in [6, 6.07) is 6.52. The Morgan fingerprint density at radius 1 is 1.35 bits per heavy atom. The highest BCUT2D eigenvalue weighted by molar-refractivity contribution is 5.86. The highest BCUT2D eigenvalue weighted by Crippen LogP contribution is 2.43. The Bertz CT molecular complexity index is 724. The molecule has 2 aliphatic rings. The molecule has 0 bridgehead atoms. The molecule has 2 unspecified atom stereocenters. The lowest BCUT2D eigenvalue weighted by Crippen LogP contribution is -2.26. The van der Waals surface area contributed by atoms with Gasteiger partial charge in [-0.15, -0.1) is 0 Å². The summed E-state index contributed by atoms with van der Waals surface area (Å²) in [6.45, 7) is 1.75. The monoisotopic (exact) mass is 311 g/mol. The Morgan fingerprint density at radius 2 is 2.30 bits per heavy atom. The number of anilines is 1. The van der Waals surface area contributed by atoms with Gasteiger partial charge in [0.1, 0.15) is 12.2 Å². The summed E-state index contributed by atoms with van der Waals surface area (Å²) in [7, 11) is 0. The molecule has 2 aliphatic heterocycles. The van der Waals surface area contributed by atoms with Crippen LogP contribution in [0.25, 0.3) is 0 Å². The molecule has 4 rings (SSSR count). The van der Waals surface area contributed by atoms with Crippen LogP contribution < -0.4 is 5.32 Å². The number of aryl methyl sites for hydroxylation is 1. The van der Waals surface area contributed by atoms with Crippen molar-refractivity contribution in [2.75, 3.05) is 18.5 Å². The fraction of sp³-hybridized carbons (Fsp3) is 0.471. The Labute approximate surface area is 135 Å². The molecule has 1 aromatic heterocycles. The molecule has 3 heterocycles. The van der Waals surface area contributed by atoms with Crippen LogP contribution in [-0.4, -0.2) is 39.2 Å². The van der Waals surface area contributed by atoms with Gasteiger partial charge in [-0.2, -0.15) is 5.10 Å². The number of aromatic nitrogens is 3. The molecule has 0 spiro atoms. The SMILES string of the molecule is OCCCn1ncnc1C1CC2CCN=Cc3cccc(c32)N1. The molecule has 23 heavy (non-hydrogen) atoms. The van der Waals surface area contributed by atoms with Crippen molar-refractivity contribution in [2.45, 2.75) is 37.8 Å². The van der Waals surface area contributed by atoms with E-state index in [-0.39, 0.29) is 12.6 Å². The zero-order valence-corrected chi connectivity index (χ0v) is 13.0. The predicted octanol–water partition coefficient (Wildman–Crippen LogP) is 2.12. The molecule has 0 saturated carbocycles. The van der Waals surface area contributed by atoms with Gasteiger partial charge in [-0.25, -0.2) is 9.67 Å². The summed E-state index contributed by atoms with van der Waals surface area (Å²) < 4.78 is 1.91. The van der Waals surface area contributed by atoms with Crippen molar-refractivity contribution in [2.24, 2.45) is 4.99 Å². The van der Waals surface area contributed by atoms with Crippen molar-refractivity contribution in [1.29, 1.82) is 0 Å².